The van der Waals surface area contributed by atoms with Gasteiger partial charge in [0.25, 0.3) is 0 Å². The van der Waals surface area contributed by atoms with Crippen molar-refractivity contribution in [3.8, 4) is 11.1 Å². The fourth-order valence-electron chi connectivity index (χ4n) is 5.52. The highest BCUT2D eigenvalue weighted by atomic mass is 79.9. The van der Waals surface area contributed by atoms with Crippen molar-refractivity contribution in [3.05, 3.63) is 171 Å². The summed E-state index contributed by atoms with van der Waals surface area (Å²) in [5.74, 6) is 0. The van der Waals surface area contributed by atoms with Crippen LogP contribution in [-0.4, -0.2) is 17.2 Å². The van der Waals surface area contributed by atoms with Crippen LogP contribution in [0.3, 0.4) is 0 Å². The van der Waals surface area contributed by atoms with Crippen LogP contribution in [0.2, 0.25) is 0 Å². The first-order valence-corrected chi connectivity index (χ1v) is 17.1. The van der Waals surface area contributed by atoms with Crippen molar-refractivity contribution in [2.45, 2.75) is 0 Å². The second-order valence-electron chi connectivity index (χ2n) is 10.8. The molecule has 0 aliphatic heterocycles. The Morgan fingerprint density at radius 1 is 0.370 bits per heavy atom. The number of benzene rings is 8. The topological polar surface area (TPSA) is 40.5 Å². The Morgan fingerprint density at radius 3 is 1.37 bits per heavy atom. The van der Waals surface area contributed by atoms with E-state index in [1.807, 2.05) is 36.4 Å². The van der Waals surface area contributed by atoms with Gasteiger partial charge in [-0.05, 0) is 102 Å². The van der Waals surface area contributed by atoms with Gasteiger partial charge in [0.15, 0.2) is 0 Å². The van der Waals surface area contributed by atoms with Crippen LogP contribution >= 0.6 is 47.8 Å². The maximum absolute atomic E-state index is 9.08. The molecule has 6 heteroatoms. The molecule has 224 valence electrons. The summed E-state index contributed by atoms with van der Waals surface area (Å²) in [6, 6.07) is 53.7. The molecule has 2 nitrogen and oxygen atoms in total. The predicted molar refractivity (Wildman–Crippen MR) is 208 cm³/mol. The molecule has 0 aliphatic rings. The van der Waals surface area contributed by atoms with E-state index in [1.165, 1.54) is 43.4 Å². The number of rotatable bonds is 2. The second kappa shape index (κ2) is 14.8. The van der Waals surface area contributed by atoms with E-state index in [1.54, 1.807) is 6.07 Å². The summed E-state index contributed by atoms with van der Waals surface area (Å²) < 4.78 is 3.36. The van der Waals surface area contributed by atoms with Gasteiger partial charge >= 0.3 is 7.12 Å². The fourth-order valence-corrected chi connectivity index (χ4v) is 6.66. The molecule has 0 spiro atoms. The average molecular weight is 791 g/mol. The van der Waals surface area contributed by atoms with Crippen LogP contribution in [0.25, 0.3) is 54.2 Å². The maximum Gasteiger partial charge on any atom is 0.489 e. The van der Waals surface area contributed by atoms with Gasteiger partial charge in [-0.15, -0.1) is 0 Å². The van der Waals surface area contributed by atoms with Gasteiger partial charge in [-0.3, -0.25) is 0 Å². The van der Waals surface area contributed by atoms with Crippen molar-refractivity contribution < 1.29 is 10.0 Å². The zero-order valence-corrected chi connectivity index (χ0v) is 29.4. The summed E-state index contributed by atoms with van der Waals surface area (Å²) in [5.41, 5.74) is 3.11. The van der Waals surface area contributed by atoms with Crippen LogP contribution in [0, 0.1) is 0 Å². The summed E-state index contributed by atoms with van der Waals surface area (Å²) in [4.78, 5) is 0. The Balaban J connectivity index is 0.000000129. The summed E-state index contributed by atoms with van der Waals surface area (Å²) in [6.45, 7) is 0. The molecule has 0 atom stereocenters. The second-order valence-corrected chi connectivity index (χ2v) is 13.6. The van der Waals surface area contributed by atoms with Crippen molar-refractivity contribution in [2.75, 3.05) is 0 Å². The van der Waals surface area contributed by atoms with Crippen molar-refractivity contribution >= 4 is 103 Å². The third-order valence-electron chi connectivity index (χ3n) is 7.77. The molecule has 0 amide bonds. The molecule has 0 aliphatic carbocycles. The van der Waals surface area contributed by atoms with Crippen LogP contribution in [0.15, 0.2) is 171 Å². The molecule has 0 heterocycles. The van der Waals surface area contributed by atoms with E-state index < -0.39 is 7.12 Å². The molecule has 8 aromatic carbocycles. The van der Waals surface area contributed by atoms with Gasteiger partial charge in [-0.2, -0.15) is 0 Å². The first-order chi connectivity index (χ1) is 22.4. The quantitative estimate of drug-likeness (QED) is 0.171. The van der Waals surface area contributed by atoms with E-state index in [0.29, 0.717) is 5.46 Å². The largest absolute Gasteiger partial charge is 0.489 e. The lowest BCUT2D eigenvalue weighted by molar-refractivity contribution is 0.426. The molecule has 2 N–H and O–H groups in total. The third-order valence-corrected chi connectivity index (χ3v) is 9.25. The minimum atomic E-state index is -1.40. The van der Waals surface area contributed by atoms with Crippen LogP contribution in [0.4, 0.5) is 0 Å². The standard InChI is InChI=1S/C20H13Br.C10H9BO2.C10H6Br2/c21-18-11-10-15-12-17(9-8-16(15)13-18)20-7-3-5-14-4-1-2-6-19(14)20;12-11(13)10-7-3-5-8-4-1-2-6-9(8)10;11-9-3-1-7-5-10(12)4-2-8(7)6-9/h1-13H;1-7,12-13H;1-6H. The van der Waals surface area contributed by atoms with Gasteiger partial charge in [-0.25, -0.2) is 0 Å². The Morgan fingerprint density at radius 2 is 0.804 bits per heavy atom. The fraction of sp³-hybridized carbons (Fsp3) is 0. The highest BCUT2D eigenvalue weighted by Crippen LogP contribution is 2.31. The molecular formula is C40H28BBr3O2. The van der Waals surface area contributed by atoms with Gasteiger partial charge < -0.3 is 10.0 Å². The normalized spacial score (nSPS) is 10.7. The Labute approximate surface area is 293 Å². The van der Waals surface area contributed by atoms with Crippen LogP contribution < -0.4 is 5.46 Å². The van der Waals surface area contributed by atoms with Gasteiger partial charge in [0.2, 0.25) is 0 Å². The number of fused-ring (bicyclic) bond motifs is 4. The molecule has 0 radical (unpaired) electrons. The van der Waals surface area contributed by atoms with Gasteiger partial charge in [0.05, 0.1) is 0 Å². The molecule has 0 saturated carbocycles. The van der Waals surface area contributed by atoms with E-state index in [-0.39, 0.29) is 0 Å². The Bertz CT molecular complexity index is 2250. The molecule has 0 aromatic heterocycles. The monoisotopic (exact) mass is 788 g/mol. The number of halogens is 3. The maximum atomic E-state index is 9.08. The van der Waals surface area contributed by atoms with E-state index in [2.05, 4.69) is 163 Å². The zero-order chi connectivity index (χ0) is 32.0. The molecule has 46 heavy (non-hydrogen) atoms. The van der Waals surface area contributed by atoms with Crippen molar-refractivity contribution in [1.29, 1.82) is 0 Å². The molecule has 8 rings (SSSR count). The third kappa shape index (κ3) is 7.60. The molecule has 0 fully saturated rings. The minimum Gasteiger partial charge on any atom is -0.423 e. The summed E-state index contributed by atoms with van der Waals surface area (Å²) in [6.07, 6.45) is 0. The van der Waals surface area contributed by atoms with Crippen molar-refractivity contribution in [2.24, 2.45) is 0 Å². The van der Waals surface area contributed by atoms with E-state index in [4.69, 9.17) is 10.0 Å². The van der Waals surface area contributed by atoms with Gasteiger partial charge in [0.1, 0.15) is 0 Å². The lowest BCUT2D eigenvalue weighted by atomic mass is 9.77. The molecule has 0 unspecified atom stereocenters. The van der Waals surface area contributed by atoms with E-state index in [9.17, 15) is 0 Å². The van der Waals surface area contributed by atoms with Gasteiger partial charge in [0, 0.05) is 13.4 Å². The van der Waals surface area contributed by atoms with E-state index in [0.717, 1.165) is 24.2 Å². The lowest BCUT2D eigenvalue weighted by Crippen LogP contribution is -2.30. The van der Waals surface area contributed by atoms with Crippen LogP contribution in [0.5, 0.6) is 0 Å². The van der Waals surface area contributed by atoms with Crippen molar-refractivity contribution in [1.82, 2.24) is 0 Å². The summed E-state index contributed by atoms with van der Waals surface area (Å²) in [7, 11) is -1.40. The summed E-state index contributed by atoms with van der Waals surface area (Å²) >= 11 is 10.4. The van der Waals surface area contributed by atoms with Crippen molar-refractivity contribution in [3.63, 3.8) is 0 Å². The smallest absolute Gasteiger partial charge is 0.423 e. The number of hydrogen-bond donors (Lipinski definition) is 2. The highest BCUT2D eigenvalue weighted by molar-refractivity contribution is 9.11. The highest BCUT2D eigenvalue weighted by Gasteiger charge is 2.13. The molecule has 8 aromatic rings. The lowest BCUT2D eigenvalue weighted by Gasteiger charge is -2.08. The number of hydrogen-bond acceptors (Lipinski definition) is 2. The minimum absolute atomic E-state index is 0.554. The molecular weight excluding hydrogens is 763 g/mol. The van der Waals surface area contributed by atoms with E-state index >= 15 is 0 Å². The molecule has 0 bridgehead atoms. The first kappa shape index (κ1) is 32.2. The zero-order valence-electron chi connectivity index (χ0n) is 24.6. The first-order valence-electron chi connectivity index (χ1n) is 14.7. The Hall–Kier alpha value is -3.78. The Kier molecular flexibility index (Phi) is 10.3. The average Bonchev–Trinajstić information content (AvgIpc) is 3.08. The van der Waals surface area contributed by atoms with Crippen LogP contribution in [0.1, 0.15) is 0 Å². The molecule has 0 saturated heterocycles. The SMILES string of the molecule is Brc1ccc2cc(-c3cccc4ccccc34)ccc2c1.Brc1ccc2cc(Br)ccc2c1.OB(O)c1cccc2ccccc12. The van der Waals surface area contributed by atoms with Crippen LogP contribution in [-0.2, 0) is 0 Å². The summed E-state index contributed by atoms with van der Waals surface area (Å²) in [5, 5.41) is 27.7. The van der Waals surface area contributed by atoms with Gasteiger partial charge in [-0.1, -0.05) is 163 Å². The predicted octanol–water partition coefficient (Wildman–Crippen LogP) is 11.3.